The molecule has 0 amide bonds. The third-order valence-electron chi connectivity index (χ3n) is 5.53. The van der Waals surface area contributed by atoms with E-state index in [1.54, 1.807) is 78.9 Å². The van der Waals surface area contributed by atoms with Crippen molar-refractivity contribution in [3.63, 3.8) is 0 Å². The van der Waals surface area contributed by atoms with Crippen LogP contribution in [-0.4, -0.2) is 21.4 Å². The van der Waals surface area contributed by atoms with E-state index in [0.717, 1.165) is 0 Å². The number of hydrogen-bond acceptors (Lipinski definition) is 4. The molecule has 0 aromatic heterocycles. The number of Topliss-reactive ketones (excluding diaryl/α,β-unsaturated/α-hetero) is 2. The summed E-state index contributed by atoms with van der Waals surface area (Å²) in [6.07, 6.45) is 0. The van der Waals surface area contributed by atoms with Crippen LogP contribution < -0.4 is 0 Å². The Kier molecular flexibility index (Phi) is 5.30. The molecule has 0 aliphatic heterocycles. The average molecular weight is 485 g/mol. The molecule has 2 atom stereocenters. The van der Waals surface area contributed by atoms with Gasteiger partial charge < -0.3 is 0 Å². The summed E-state index contributed by atoms with van der Waals surface area (Å²) in [5.41, 5.74) is -0.347. The Hall–Kier alpha value is -2.83. The van der Waals surface area contributed by atoms with Gasteiger partial charge in [-0.05, 0) is 39.2 Å². The van der Waals surface area contributed by atoms with Crippen molar-refractivity contribution in [3.05, 3.63) is 116 Å². The van der Waals surface area contributed by atoms with Gasteiger partial charge in [0.25, 0.3) is 4.95 Å². The first-order chi connectivity index (χ1) is 14.4. The van der Waals surface area contributed by atoms with E-state index >= 15 is 0 Å². The smallest absolute Gasteiger partial charge is 0.274 e. The molecule has 0 spiro atoms. The minimum absolute atomic E-state index is 0.272. The number of alkyl halides is 1. The first-order valence-electron chi connectivity index (χ1n) is 9.16. The van der Waals surface area contributed by atoms with Crippen LogP contribution >= 0.6 is 27.5 Å². The van der Waals surface area contributed by atoms with E-state index in [2.05, 4.69) is 15.9 Å². The van der Waals surface area contributed by atoms with Gasteiger partial charge in [-0.25, -0.2) is 0 Å². The lowest BCUT2D eigenvalue weighted by Gasteiger charge is -2.35. The maximum Gasteiger partial charge on any atom is 0.274 e. The van der Waals surface area contributed by atoms with Gasteiger partial charge in [0.15, 0.2) is 11.6 Å². The quantitative estimate of drug-likeness (QED) is 0.159. The van der Waals surface area contributed by atoms with Crippen LogP contribution in [0.3, 0.4) is 0 Å². The molecule has 0 fully saturated rings. The van der Waals surface area contributed by atoms with E-state index < -0.39 is 32.8 Å². The van der Waals surface area contributed by atoms with E-state index in [0.29, 0.717) is 16.1 Å². The van der Waals surface area contributed by atoms with Gasteiger partial charge in [-0.2, -0.15) is 0 Å². The van der Waals surface area contributed by atoms with Crippen LogP contribution in [0, 0.1) is 10.1 Å². The van der Waals surface area contributed by atoms with Crippen molar-refractivity contribution in [2.45, 2.75) is 16.3 Å². The van der Waals surface area contributed by atoms with Crippen LogP contribution in [0.15, 0.2) is 78.9 Å². The van der Waals surface area contributed by atoms with Gasteiger partial charge in [0.2, 0.25) is 0 Å². The summed E-state index contributed by atoms with van der Waals surface area (Å²) >= 11 is 9.19. The second-order valence-electron chi connectivity index (χ2n) is 7.07. The summed E-state index contributed by atoms with van der Waals surface area (Å²) < 4.78 is 0. The zero-order chi connectivity index (χ0) is 21.5. The average Bonchev–Trinajstić information content (AvgIpc) is 2.99. The molecule has 3 aromatic carbocycles. The van der Waals surface area contributed by atoms with Crippen molar-refractivity contribution in [1.29, 1.82) is 0 Å². The largest absolute Gasteiger partial charge is 0.293 e. The topological polar surface area (TPSA) is 77.3 Å². The SMILES string of the molecule is O=C1c2ccccc2C(=O)C1(c1ccccc1)C(c1ccc(Cl)cc1)C(Br)[N+](=O)[O-]. The summed E-state index contributed by atoms with van der Waals surface area (Å²) in [4.78, 5) is 37.7. The molecule has 0 saturated heterocycles. The van der Waals surface area contributed by atoms with Crippen molar-refractivity contribution < 1.29 is 14.5 Å². The van der Waals surface area contributed by atoms with Crippen LogP contribution in [0.2, 0.25) is 5.02 Å². The van der Waals surface area contributed by atoms with Crippen LogP contribution in [0.5, 0.6) is 0 Å². The highest BCUT2D eigenvalue weighted by Gasteiger charge is 2.63. The third-order valence-corrected chi connectivity index (χ3v) is 6.65. The fourth-order valence-electron chi connectivity index (χ4n) is 4.24. The zero-order valence-electron chi connectivity index (χ0n) is 15.5. The van der Waals surface area contributed by atoms with E-state index in [4.69, 9.17) is 11.6 Å². The normalized spacial score (nSPS) is 16.7. The van der Waals surface area contributed by atoms with Gasteiger partial charge in [-0.1, -0.05) is 78.3 Å². The highest BCUT2D eigenvalue weighted by atomic mass is 79.9. The summed E-state index contributed by atoms with van der Waals surface area (Å²) in [7, 11) is 0. The summed E-state index contributed by atoms with van der Waals surface area (Å²) in [5, 5.41) is 12.4. The number of halogens is 2. The maximum absolute atomic E-state index is 13.8. The fourth-order valence-corrected chi connectivity index (χ4v) is 5.07. The van der Waals surface area contributed by atoms with E-state index in [1.165, 1.54) is 0 Å². The Bertz CT molecular complexity index is 1110. The lowest BCUT2D eigenvalue weighted by molar-refractivity contribution is -0.497. The van der Waals surface area contributed by atoms with Gasteiger partial charge in [0.05, 0.1) is 5.92 Å². The van der Waals surface area contributed by atoms with Gasteiger partial charge in [0.1, 0.15) is 5.41 Å². The van der Waals surface area contributed by atoms with E-state index in [1.807, 2.05) is 0 Å². The van der Waals surface area contributed by atoms with Gasteiger partial charge in [-0.3, -0.25) is 19.7 Å². The number of fused-ring (bicyclic) bond motifs is 1. The van der Waals surface area contributed by atoms with E-state index in [-0.39, 0.29) is 11.1 Å². The van der Waals surface area contributed by atoms with Gasteiger partial charge in [-0.15, -0.1) is 0 Å². The van der Waals surface area contributed by atoms with Crippen molar-refractivity contribution in [3.8, 4) is 0 Å². The second kappa shape index (κ2) is 7.78. The Morgan fingerprint density at radius 3 is 1.83 bits per heavy atom. The predicted molar refractivity (Wildman–Crippen MR) is 117 cm³/mol. The molecule has 0 saturated carbocycles. The predicted octanol–water partition coefficient (Wildman–Crippen LogP) is 5.44. The van der Waals surface area contributed by atoms with Crippen LogP contribution in [0.4, 0.5) is 0 Å². The zero-order valence-corrected chi connectivity index (χ0v) is 17.8. The Balaban J connectivity index is 2.07. The van der Waals surface area contributed by atoms with Crippen molar-refractivity contribution >= 4 is 39.1 Å². The standard InChI is InChI=1S/C23H15BrClNO4/c24-22(26(29)30)19(14-10-12-16(25)13-11-14)23(15-6-2-1-3-7-15)20(27)17-8-4-5-9-18(17)21(23)28/h1-13,19,22H. The van der Waals surface area contributed by atoms with Gasteiger partial charge >= 0.3 is 0 Å². The molecule has 3 aromatic rings. The molecule has 150 valence electrons. The lowest BCUT2D eigenvalue weighted by atomic mass is 9.64. The highest BCUT2D eigenvalue weighted by Crippen LogP contribution is 2.51. The number of carbonyl (C=O) groups is 2. The maximum atomic E-state index is 13.8. The molecule has 0 radical (unpaired) electrons. The molecular weight excluding hydrogens is 470 g/mol. The monoisotopic (exact) mass is 483 g/mol. The van der Waals surface area contributed by atoms with E-state index in [9.17, 15) is 19.7 Å². The number of hydrogen-bond donors (Lipinski definition) is 0. The highest BCUT2D eigenvalue weighted by molar-refractivity contribution is 9.09. The number of nitrogens with zero attached hydrogens (tertiary/aromatic N) is 1. The van der Waals surface area contributed by atoms with Gasteiger partial charge in [0, 0.05) is 21.1 Å². The molecule has 1 aliphatic rings. The molecule has 0 N–H and O–H groups in total. The minimum atomic E-state index is -1.78. The Morgan fingerprint density at radius 1 is 0.833 bits per heavy atom. The molecule has 0 heterocycles. The molecule has 30 heavy (non-hydrogen) atoms. The summed E-state index contributed by atoms with van der Waals surface area (Å²) in [5.74, 6) is -1.99. The first kappa shape index (κ1) is 20.4. The fraction of sp³-hybridized carbons (Fsp3) is 0.130. The minimum Gasteiger partial charge on any atom is -0.293 e. The van der Waals surface area contributed by atoms with Crippen LogP contribution in [-0.2, 0) is 5.41 Å². The van der Waals surface area contributed by atoms with Crippen molar-refractivity contribution in [2.24, 2.45) is 0 Å². The third kappa shape index (κ3) is 2.99. The lowest BCUT2D eigenvalue weighted by Crippen LogP contribution is -2.49. The number of ketones is 2. The first-order valence-corrected chi connectivity index (χ1v) is 10.5. The molecular formula is C23H15BrClNO4. The number of benzene rings is 3. The summed E-state index contributed by atoms with van der Waals surface area (Å²) in [6, 6.07) is 21.5. The number of carbonyl (C=O) groups excluding carboxylic acids is 2. The van der Waals surface area contributed by atoms with Crippen LogP contribution in [0.1, 0.15) is 37.8 Å². The van der Waals surface area contributed by atoms with Crippen molar-refractivity contribution in [1.82, 2.24) is 0 Å². The molecule has 7 heteroatoms. The molecule has 2 unspecified atom stereocenters. The Labute approximate surface area is 186 Å². The van der Waals surface area contributed by atoms with Crippen LogP contribution in [0.25, 0.3) is 0 Å². The molecule has 4 rings (SSSR count). The number of nitro groups is 1. The molecule has 1 aliphatic carbocycles. The molecule has 5 nitrogen and oxygen atoms in total. The Morgan fingerprint density at radius 2 is 1.33 bits per heavy atom. The molecule has 0 bridgehead atoms. The number of rotatable bonds is 5. The summed E-state index contributed by atoms with van der Waals surface area (Å²) in [6.45, 7) is 0. The van der Waals surface area contributed by atoms with Crippen molar-refractivity contribution in [2.75, 3.05) is 0 Å². The second-order valence-corrected chi connectivity index (χ2v) is 8.44.